The second-order valence-electron chi connectivity index (χ2n) is 4.63. The van der Waals surface area contributed by atoms with E-state index in [4.69, 9.17) is 10.5 Å². The monoisotopic (exact) mass is 248 g/mol. The Morgan fingerprint density at radius 3 is 2.83 bits per heavy atom. The number of anilines is 1. The quantitative estimate of drug-likeness (QED) is 0.872. The van der Waals surface area contributed by atoms with Crippen molar-refractivity contribution in [2.24, 2.45) is 0 Å². The number of nitrogens with zero attached hydrogens (tertiary/aromatic N) is 3. The summed E-state index contributed by atoms with van der Waals surface area (Å²) in [6.45, 7) is 1.90. The molecule has 0 unspecified atom stereocenters. The average Bonchev–Trinajstić information content (AvgIpc) is 2.64. The molecule has 0 saturated carbocycles. The molecular weight excluding hydrogens is 228 g/mol. The SMILES string of the molecule is COc1ccc2nc(N)n(CCCN(C)C)c2c1. The summed E-state index contributed by atoms with van der Waals surface area (Å²) in [5.74, 6) is 1.40. The van der Waals surface area contributed by atoms with Gasteiger partial charge in [0.1, 0.15) is 5.75 Å². The number of methoxy groups -OCH3 is 1. The van der Waals surface area contributed by atoms with Crippen LogP contribution in [0.25, 0.3) is 11.0 Å². The summed E-state index contributed by atoms with van der Waals surface area (Å²) in [7, 11) is 5.80. The van der Waals surface area contributed by atoms with Gasteiger partial charge in [0.2, 0.25) is 5.95 Å². The van der Waals surface area contributed by atoms with Crippen LogP contribution in [-0.2, 0) is 6.54 Å². The molecule has 0 aliphatic rings. The molecule has 0 spiro atoms. The molecule has 0 radical (unpaired) electrons. The van der Waals surface area contributed by atoms with Gasteiger partial charge in [0, 0.05) is 12.6 Å². The van der Waals surface area contributed by atoms with Crippen LogP contribution >= 0.6 is 0 Å². The van der Waals surface area contributed by atoms with Crippen LogP contribution in [0.4, 0.5) is 5.95 Å². The minimum absolute atomic E-state index is 0.567. The average molecular weight is 248 g/mol. The largest absolute Gasteiger partial charge is 0.497 e. The van der Waals surface area contributed by atoms with E-state index in [9.17, 15) is 0 Å². The maximum atomic E-state index is 5.96. The molecule has 18 heavy (non-hydrogen) atoms. The first-order chi connectivity index (χ1) is 8.61. The molecule has 1 aromatic carbocycles. The zero-order valence-electron chi connectivity index (χ0n) is 11.2. The van der Waals surface area contributed by atoms with E-state index < -0.39 is 0 Å². The van der Waals surface area contributed by atoms with Crippen LogP contribution < -0.4 is 10.5 Å². The van der Waals surface area contributed by atoms with E-state index in [1.807, 2.05) is 22.8 Å². The molecular formula is C13H20N4O. The highest BCUT2D eigenvalue weighted by Crippen LogP contribution is 2.23. The summed E-state index contributed by atoms with van der Waals surface area (Å²) in [5, 5.41) is 0. The molecule has 0 aliphatic heterocycles. The Hall–Kier alpha value is -1.75. The third-order valence-corrected chi connectivity index (χ3v) is 2.97. The van der Waals surface area contributed by atoms with Crippen molar-refractivity contribution in [2.75, 3.05) is 33.5 Å². The van der Waals surface area contributed by atoms with Crippen LogP contribution in [0.5, 0.6) is 5.75 Å². The smallest absolute Gasteiger partial charge is 0.201 e. The molecule has 2 N–H and O–H groups in total. The number of benzene rings is 1. The molecule has 5 nitrogen and oxygen atoms in total. The Morgan fingerprint density at radius 1 is 1.39 bits per heavy atom. The number of imidazole rings is 1. The van der Waals surface area contributed by atoms with Crippen LogP contribution in [0.1, 0.15) is 6.42 Å². The fourth-order valence-electron chi connectivity index (χ4n) is 2.03. The highest BCUT2D eigenvalue weighted by atomic mass is 16.5. The van der Waals surface area contributed by atoms with Crippen molar-refractivity contribution >= 4 is 17.0 Å². The van der Waals surface area contributed by atoms with E-state index in [0.29, 0.717) is 5.95 Å². The van der Waals surface area contributed by atoms with Gasteiger partial charge >= 0.3 is 0 Å². The van der Waals surface area contributed by atoms with Crippen molar-refractivity contribution in [2.45, 2.75) is 13.0 Å². The van der Waals surface area contributed by atoms with E-state index in [-0.39, 0.29) is 0 Å². The number of ether oxygens (including phenoxy) is 1. The van der Waals surface area contributed by atoms with Crippen molar-refractivity contribution < 1.29 is 4.74 Å². The molecule has 0 atom stereocenters. The van der Waals surface area contributed by atoms with E-state index in [0.717, 1.165) is 36.3 Å². The van der Waals surface area contributed by atoms with Crippen LogP contribution in [0.3, 0.4) is 0 Å². The number of fused-ring (bicyclic) bond motifs is 1. The predicted molar refractivity (Wildman–Crippen MR) is 73.9 cm³/mol. The Labute approximate surface area is 107 Å². The number of nitrogens with two attached hydrogens (primary N) is 1. The van der Waals surface area contributed by atoms with Crippen LogP contribution in [-0.4, -0.2) is 42.2 Å². The number of nitrogen functional groups attached to an aromatic ring is 1. The first-order valence-electron chi connectivity index (χ1n) is 6.06. The van der Waals surface area contributed by atoms with Gasteiger partial charge in [-0.05, 0) is 39.2 Å². The number of aryl methyl sites for hydroxylation is 1. The van der Waals surface area contributed by atoms with Gasteiger partial charge in [-0.1, -0.05) is 0 Å². The molecule has 0 amide bonds. The summed E-state index contributed by atoms with van der Waals surface area (Å²) in [4.78, 5) is 6.52. The second-order valence-corrected chi connectivity index (χ2v) is 4.63. The van der Waals surface area contributed by atoms with Gasteiger partial charge in [-0.15, -0.1) is 0 Å². The maximum absolute atomic E-state index is 5.96. The van der Waals surface area contributed by atoms with E-state index >= 15 is 0 Å². The lowest BCUT2D eigenvalue weighted by atomic mass is 10.3. The Balaban J connectivity index is 2.27. The first kappa shape index (κ1) is 12.7. The lowest BCUT2D eigenvalue weighted by Gasteiger charge is -2.11. The minimum atomic E-state index is 0.567. The lowest BCUT2D eigenvalue weighted by molar-refractivity contribution is 0.388. The molecule has 1 heterocycles. The van der Waals surface area contributed by atoms with Gasteiger partial charge in [-0.25, -0.2) is 4.98 Å². The van der Waals surface area contributed by atoms with Crippen LogP contribution in [0.15, 0.2) is 18.2 Å². The molecule has 0 bridgehead atoms. The van der Waals surface area contributed by atoms with Crippen molar-refractivity contribution in [3.8, 4) is 5.75 Å². The van der Waals surface area contributed by atoms with Crippen molar-refractivity contribution in [3.63, 3.8) is 0 Å². The second kappa shape index (κ2) is 5.27. The van der Waals surface area contributed by atoms with Gasteiger partial charge in [0.15, 0.2) is 0 Å². The normalized spacial score (nSPS) is 11.3. The van der Waals surface area contributed by atoms with Crippen LogP contribution in [0.2, 0.25) is 0 Å². The molecule has 0 aliphatic carbocycles. The fraction of sp³-hybridized carbons (Fsp3) is 0.462. The summed E-state index contributed by atoms with van der Waals surface area (Å²) in [5.41, 5.74) is 7.91. The van der Waals surface area contributed by atoms with Gasteiger partial charge in [-0.3, -0.25) is 0 Å². The molecule has 0 fully saturated rings. The minimum Gasteiger partial charge on any atom is -0.497 e. The molecule has 2 rings (SSSR count). The first-order valence-corrected chi connectivity index (χ1v) is 6.06. The Bertz CT molecular complexity index is 533. The topological polar surface area (TPSA) is 56.3 Å². The van der Waals surface area contributed by atoms with Crippen molar-refractivity contribution in [1.82, 2.24) is 14.5 Å². The fourth-order valence-corrected chi connectivity index (χ4v) is 2.03. The molecule has 0 saturated heterocycles. The molecule has 5 heteroatoms. The van der Waals surface area contributed by atoms with E-state index in [1.165, 1.54) is 0 Å². The summed E-state index contributed by atoms with van der Waals surface area (Å²) >= 11 is 0. The predicted octanol–water partition coefficient (Wildman–Crippen LogP) is 1.58. The number of hydrogen-bond donors (Lipinski definition) is 1. The number of hydrogen-bond acceptors (Lipinski definition) is 4. The van der Waals surface area contributed by atoms with Crippen molar-refractivity contribution in [3.05, 3.63) is 18.2 Å². The van der Waals surface area contributed by atoms with Gasteiger partial charge in [-0.2, -0.15) is 0 Å². The standard InChI is InChI=1S/C13H20N4O/c1-16(2)7-4-8-17-12-9-10(18-3)5-6-11(12)15-13(17)14/h5-6,9H,4,7-8H2,1-3H3,(H2,14,15). The summed E-state index contributed by atoms with van der Waals surface area (Å²) < 4.78 is 7.28. The molecule has 2 aromatic rings. The lowest BCUT2D eigenvalue weighted by Crippen LogP contribution is -2.15. The van der Waals surface area contributed by atoms with Gasteiger partial charge < -0.3 is 19.9 Å². The maximum Gasteiger partial charge on any atom is 0.201 e. The third-order valence-electron chi connectivity index (χ3n) is 2.97. The number of aromatic nitrogens is 2. The van der Waals surface area contributed by atoms with E-state index in [2.05, 4.69) is 24.0 Å². The number of rotatable bonds is 5. The summed E-state index contributed by atoms with van der Waals surface area (Å²) in [6.07, 6.45) is 1.04. The van der Waals surface area contributed by atoms with Gasteiger partial charge in [0.05, 0.1) is 18.1 Å². The van der Waals surface area contributed by atoms with Crippen LogP contribution in [0, 0.1) is 0 Å². The zero-order valence-corrected chi connectivity index (χ0v) is 11.2. The summed E-state index contributed by atoms with van der Waals surface area (Å²) in [6, 6.07) is 5.82. The highest BCUT2D eigenvalue weighted by Gasteiger charge is 2.08. The van der Waals surface area contributed by atoms with Gasteiger partial charge in [0.25, 0.3) is 0 Å². The Morgan fingerprint density at radius 2 is 2.17 bits per heavy atom. The third kappa shape index (κ3) is 2.56. The Kier molecular flexibility index (Phi) is 3.72. The zero-order chi connectivity index (χ0) is 13.1. The highest BCUT2D eigenvalue weighted by molar-refractivity contribution is 5.79. The van der Waals surface area contributed by atoms with E-state index in [1.54, 1.807) is 7.11 Å². The molecule has 98 valence electrons. The molecule has 1 aromatic heterocycles. The van der Waals surface area contributed by atoms with Crippen molar-refractivity contribution in [1.29, 1.82) is 0 Å².